The zero-order valence-electron chi connectivity index (χ0n) is 48.4. The Kier molecular flexibility index (Phi) is 44.7. The molecule has 0 bridgehead atoms. The van der Waals surface area contributed by atoms with E-state index in [2.05, 4.69) is 74.6 Å². The Labute approximate surface area is 470 Å². The van der Waals surface area contributed by atoms with Crippen molar-refractivity contribution < 1.29 is 73.8 Å². The van der Waals surface area contributed by atoms with Crippen LogP contribution in [0.1, 0.15) is 232 Å². The van der Waals surface area contributed by atoms with Crippen LogP contribution in [0.5, 0.6) is 0 Å². The number of aliphatic hydroxyl groups is 7. The molecule has 2 rings (SSSR count). The van der Waals surface area contributed by atoms with E-state index in [-0.39, 0.29) is 26.1 Å². The van der Waals surface area contributed by atoms with E-state index < -0.39 is 92.7 Å². The highest BCUT2D eigenvalue weighted by Crippen LogP contribution is 2.27. The largest absolute Gasteiger partial charge is 0.462 e. The Morgan fingerprint density at radius 3 is 1.28 bits per heavy atom. The van der Waals surface area contributed by atoms with Crippen LogP contribution in [0.2, 0.25) is 0 Å². The summed E-state index contributed by atoms with van der Waals surface area (Å²) in [4.78, 5) is 26.0. The number of rotatable bonds is 49. The van der Waals surface area contributed by atoms with Crippen LogP contribution in [0.15, 0.2) is 60.8 Å². The Hall–Kier alpha value is -2.80. The normalized spacial score (nSPS) is 24.4. The number of aliphatic hydroxyl groups excluding tert-OH is 7. The summed E-state index contributed by atoms with van der Waals surface area (Å²) in [6, 6.07) is 0. The molecule has 15 heteroatoms. The van der Waals surface area contributed by atoms with Crippen molar-refractivity contribution >= 4 is 11.9 Å². The molecular weight excluding hydrogens is 997 g/mol. The van der Waals surface area contributed by atoms with Gasteiger partial charge in [0, 0.05) is 12.8 Å². The van der Waals surface area contributed by atoms with E-state index in [4.69, 9.17) is 28.4 Å². The van der Waals surface area contributed by atoms with Crippen molar-refractivity contribution in [3.05, 3.63) is 60.8 Å². The maximum Gasteiger partial charge on any atom is 0.306 e. The molecule has 7 N–H and O–H groups in total. The molecule has 11 atom stereocenters. The van der Waals surface area contributed by atoms with Gasteiger partial charge in [-0.1, -0.05) is 203 Å². The summed E-state index contributed by atoms with van der Waals surface area (Å²) >= 11 is 0. The summed E-state index contributed by atoms with van der Waals surface area (Å²) in [5.74, 6) is -0.932. The standard InChI is InChI=1S/C63H110O15/c1-3-5-7-9-11-13-15-17-19-21-23-25-27-29-31-33-35-37-39-41-43-45-54(65)73-48-51(49-74-62-61(72)59(70)57(68)53(78-62)50-75-63-60(71)58(69)56(67)52(47-64)77-63)76-55(66)46-44-42-40-38-36-34-32-30-28-26-24-22-20-18-16-14-12-10-8-6-4-2/h6,8,12,14,18,20-21,23-24,26,51-53,56-64,67-72H,3-5,7,9-11,13,15-17,19,22,25,27-50H2,1-2H3/b8-6-,14-12-,20-18-,23-21-,26-24-. The maximum absolute atomic E-state index is 13.1. The SMILES string of the molecule is CC/C=C\C/C=C\C/C=C\C/C=C\CCCCCCCCCCC(=O)OC(COC(=O)CCCCCCCCCCC/C=C\CCCCCCCCCC)COC1OC(COC2OC(CO)C(O)C(O)C2O)C(O)C(O)C1O. The van der Waals surface area contributed by atoms with Gasteiger partial charge in [0.05, 0.1) is 19.8 Å². The van der Waals surface area contributed by atoms with Crippen molar-refractivity contribution in [1.29, 1.82) is 0 Å². The van der Waals surface area contributed by atoms with Crippen molar-refractivity contribution in [1.82, 2.24) is 0 Å². The molecule has 0 saturated carbocycles. The zero-order chi connectivity index (χ0) is 56.7. The lowest BCUT2D eigenvalue weighted by atomic mass is 9.98. The third-order valence-electron chi connectivity index (χ3n) is 14.5. The number of allylic oxidation sites excluding steroid dienone is 10. The molecular formula is C63H110O15. The second kappa shape index (κ2) is 48.9. The summed E-state index contributed by atoms with van der Waals surface area (Å²) < 4.78 is 33.8. The Balaban J connectivity index is 1.73. The zero-order valence-corrected chi connectivity index (χ0v) is 48.4. The summed E-state index contributed by atoms with van der Waals surface area (Å²) in [6.07, 6.45) is 42.3. The van der Waals surface area contributed by atoms with Crippen LogP contribution in [0, 0.1) is 0 Å². The van der Waals surface area contributed by atoms with Crippen LogP contribution < -0.4 is 0 Å². The van der Waals surface area contributed by atoms with Gasteiger partial charge in [-0.15, -0.1) is 0 Å². The molecule has 78 heavy (non-hydrogen) atoms. The highest BCUT2D eigenvalue weighted by atomic mass is 16.7. The summed E-state index contributed by atoms with van der Waals surface area (Å²) in [6.45, 7) is 2.50. The van der Waals surface area contributed by atoms with E-state index >= 15 is 0 Å². The van der Waals surface area contributed by atoms with Gasteiger partial charge in [-0.2, -0.15) is 0 Å². The highest BCUT2D eigenvalue weighted by molar-refractivity contribution is 5.70. The first kappa shape index (κ1) is 71.3. The Bertz CT molecular complexity index is 1580. The molecule has 2 saturated heterocycles. The molecule has 15 nitrogen and oxygen atoms in total. The van der Waals surface area contributed by atoms with Gasteiger partial charge in [0.1, 0.15) is 55.4 Å². The summed E-state index contributed by atoms with van der Waals surface area (Å²) in [5, 5.41) is 72.4. The number of ether oxygens (including phenoxy) is 6. The molecule has 0 radical (unpaired) electrons. The van der Waals surface area contributed by atoms with Crippen LogP contribution >= 0.6 is 0 Å². The fourth-order valence-electron chi connectivity index (χ4n) is 9.50. The lowest BCUT2D eigenvalue weighted by molar-refractivity contribution is -0.332. The number of hydrogen-bond donors (Lipinski definition) is 7. The van der Waals surface area contributed by atoms with E-state index in [1.807, 2.05) is 0 Å². The molecule has 452 valence electrons. The Morgan fingerprint density at radius 2 is 0.808 bits per heavy atom. The number of esters is 2. The van der Waals surface area contributed by atoms with Crippen LogP contribution in [-0.2, 0) is 38.0 Å². The van der Waals surface area contributed by atoms with Crippen molar-refractivity contribution in [3.8, 4) is 0 Å². The monoisotopic (exact) mass is 1110 g/mol. The minimum atomic E-state index is -1.77. The first-order valence-corrected chi connectivity index (χ1v) is 30.9. The molecule has 0 spiro atoms. The fraction of sp³-hybridized carbons (Fsp3) is 0.810. The van der Waals surface area contributed by atoms with Crippen LogP contribution in [0.25, 0.3) is 0 Å². The van der Waals surface area contributed by atoms with Crippen molar-refractivity contribution in [2.75, 3.05) is 26.4 Å². The molecule has 0 aromatic rings. The average Bonchev–Trinajstić information content (AvgIpc) is 3.44. The fourth-order valence-corrected chi connectivity index (χ4v) is 9.50. The second-order valence-corrected chi connectivity index (χ2v) is 21.5. The van der Waals surface area contributed by atoms with Crippen molar-refractivity contribution in [2.24, 2.45) is 0 Å². The van der Waals surface area contributed by atoms with Gasteiger partial charge in [0.15, 0.2) is 18.7 Å². The Morgan fingerprint density at radius 1 is 0.423 bits per heavy atom. The summed E-state index contributed by atoms with van der Waals surface area (Å²) in [5.41, 5.74) is 0. The minimum absolute atomic E-state index is 0.154. The van der Waals surface area contributed by atoms with Gasteiger partial charge < -0.3 is 64.2 Å². The quantitative estimate of drug-likeness (QED) is 0.0171. The van der Waals surface area contributed by atoms with Crippen LogP contribution in [-0.4, -0.2) is 142 Å². The number of unbranched alkanes of at least 4 members (excludes halogenated alkanes) is 25. The first-order valence-electron chi connectivity index (χ1n) is 30.9. The van der Waals surface area contributed by atoms with Gasteiger partial charge in [0.2, 0.25) is 0 Å². The third-order valence-corrected chi connectivity index (χ3v) is 14.5. The molecule has 0 aromatic heterocycles. The van der Waals surface area contributed by atoms with Gasteiger partial charge in [-0.3, -0.25) is 9.59 Å². The molecule has 11 unspecified atom stereocenters. The predicted molar refractivity (Wildman–Crippen MR) is 307 cm³/mol. The molecule has 2 aliphatic heterocycles. The predicted octanol–water partition coefficient (Wildman–Crippen LogP) is 11.2. The van der Waals surface area contributed by atoms with E-state index in [0.717, 1.165) is 77.0 Å². The molecule has 0 aliphatic carbocycles. The number of carbonyl (C=O) groups is 2. The van der Waals surface area contributed by atoms with Crippen LogP contribution in [0.4, 0.5) is 0 Å². The summed E-state index contributed by atoms with van der Waals surface area (Å²) in [7, 11) is 0. The number of hydrogen-bond acceptors (Lipinski definition) is 15. The van der Waals surface area contributed by atoms with E-state index in [1.54, 1.807) is 0 Å². The van der Waals surface area contributed by atoms with Gasteiger partial charge in [-0.25, -0.2) is 0 Å². The lowest BCUT2D eigenvalue weighted by Crippen LogP contribution is -2.61. The molecule has 2 fully saturated rings. The first-order chi connectivity index (χ1) is 38.0. The lowest BCUT2D eigenvalue weighted by Gasteiger charge is -2.42. The van der Waals surface area contributed by atoms with E-state index in [1.165, 1.54) is 116 Å². The topological polar surface area (TPSA) is 231 Å². The number of carbonyl (C=O) groups excluding carboxylic acids is 2. The van der Waals surface area contributed by atoms with Crippen LogP contribution in [0.3, 0.4) is 0 Å². The minimum Gasteiger partial charge on any atom is -0.462 e. The second-order valence-electron chi connectivity index (χ2n) is 21.5. The molecule has 0 amide bonds. The molecule has 2 aliphatic rings. The third kappa shape index (κ3) is 35.1. The van der Waals surface area contributed by atoms with Gasteiger partial charge >= 0.3 is 11.9 Å². The van der Waals surface area contributed by atoms with Crippen molar-refractivity contribution in [2.45, 2.75) is 300 Å². The van der Waals surface area contributed by atoms with E-state index in [9.17, 15) is 45.3 Å². The van der Waals surface area contributed by atoms with Crippen molar-refractivity contribution in [3.63, 3.8) is 0 Å². The highest BCUT2D eigenvalue weighted by Gasteiger charge is 2.47. The van der Waals surface area contributed by atoms with Gasteiger partial charge in [-0.05, 0) is 77.0 Å². The van der Waals surface area contributed by atoms with Gasteiger partial charge in [0.25, 0.3) is 0 Å². The molecule has 2 heterocycles. The van der Waals surface area contributed by atoms with E-state index in [0.29, 0.717) is 12.8 Å². The smallest absolute Gasteiger partial charge is 0.306 e. The molecule has 0 aromatic carbocycles. The average molecular weight is 1110 g/mol. The maximum atomic E-state index is 13.1.